The second-order valence-electron chi connectivity index (χ2n) is 6.43. The van der Waals surface area contributed by atoms with Crippen molar-refractivity contribution in [3.8, 4) is 11.5 Å². The minimum Gasteiger partial charge on any atom is -0.495 e. The third kappa shape index (κ3) is 4.27. The summed E-state index contributed by atoms with van der Waals surface area (Å²) < 4.78 is 10.9. The molecule has 1 atom stereocenters. The molecule has 1 heterocycles. The highest BCUT2D eigenvalue weighted by molar-refractivity contribution is 6.32. The predicted octanol–water partition coefficient (Wildman–Crippen LogP) is 3.49. The van der Waals surface area contributed by atoms with E-state index in [9.17, 15) is 5.11 Å². The molecule has 0 bridgehead atoms. The second-order valence-corrected chi connectivity index (χ2v) is 6.84. The van der Waals surface area contributed by atoms with Gasteiger partial charge in [0.05, 0.1) is 24.8 Å². The lowest BCUT2D eigenvalue weighted by Crippen LogP contribution is -2.27. The quantitative estimate of drug-likeness (QED) is 0.819. The number of ether oxygens (including phenoxy) is 2. The van der Waals surface area contributed by atoms with Crippen LogP contribution in [0.25, 0.3) is 0 Å². The van der Waals surface area contributed by atoms with Crippen LogP contribution in [0.4, 0.5) is 0 Å². The number of fused-ring (bicyclic) bond motifs is 1. The maximum Gasteiger partial charge on any atom is 0.137 e. The molecule has 0 aliphatic carbocycles. The van der Waals surface area contributed by atoms with Gasteiger partial charge in [0.25, 0.3) is 0 Å². The van der Waals surface area contributed by atoms with E-state index in [1.807, 2.05) is 37.4 Å². The fourth-order valence-electron chi connectivity index (χ4n) is 3.17. The van der Waals surface area contributed by atoms with Crippen molar-refractivity contribution in [2.24, 2.45) is 0 Å². The molecule has 25 heavy (non-hydrogen) atoms. The standard InChI is InChI=1S/C20H24ClNO3/c1-22(10-8-14-6-7-19(24-2)17(21)12-14)13-18(23)16-5-3-4-15-9-11-25-20(15)16/h3-7,12,18,23H,8-11,13H2,1-2H3. The number of benzene rings is 2. The highest BCUT2D eigenvalue weighted by Crippen LogP contribution is 2.33. The van der Waals surface area contributed by atoms with Crippen molar-refractivity contribution in [3.05, 3.63) is 58.1 Å². The minimum atomic E-state index is -0.558. The number of nitrogens with zero attached hydrogens (tertiary/aromatic N) is 1. The molecular formula is C20H24ClNO3. The first-order valence-electron chi connectivity index (χ1n) is 8.52. The first kappa shape index (κ1) is 18.1. The molecule has 2 aromatic rings. The predicted molar refractivity (Wildman–Crippen MR) is 99.8 cm³/mol. The zero-order valence-electron chi connectivity index (χ0n) is 14.7. The number of para-hydroxylation sites is 1. The Labute approximate surface area is 153 Å². The first-order chi connectivity index (χ1) is 12.1. The van der Waals surface area contributed by atoms with E-state index in [1.165, 1.54) is 5.56 Å². The average Bonchev–Trinajstić information content (AvgIpc) is 3.08. The normalized spacial score (nSPS) is 14.3. The Balaban J connectivity index is 1.57. The zero-order chi connectivity index (χ0) is 17.8. The molecule has 4 nitrogen and oxygen atoms in total. The van der Waals surface area contributed by atoms with Gasteiger partial charge < -0.3 is 19.5 Å². The van der Waals surface area contributed by atoms with Crippen LogP contribution in [-0.4, -0.2) is 43.9 Å². The molecule has 1 aliphatic rings. The zero-order valence-corrected chi connectivity index (χ0v) is 15.4. The fourth-order valence-corrected chi connectivity index (χ4v) is 3.45. The summed E-state index contributed by atoms with van der Waals surface area (Å²) in [4.78, 5) is 2.12. The van der Waals surface area contributed by atoms with Crippen LogP contribution >= 0.6 is 11.6 Å². The molecule has 1 unspecified atom stereocenters. The van der Waals surface area contributed by atoms with Crippen molar-refractivity contribution >= 4 is 11.6 Å². The second kappa shape index (κ2) is 8.09. The third-order valence-corrected chi connectivity index (χ3v) is 4.88. The van der Waals surface area contributed by atoms with E-state index in [1.54, 1.807) is 7.11 Å². The number of methoxy groups -OCH3 is 1. The van der Waals surface area contributed by atoms with Gasteiger partial charge in [0.2, 0.25) is 0 Å². The van der Waals surface area contributed by atoms with Crippen LogP contribution in [0.15, 0.2) is 36.4 Å². The Morgan fingerprint density at radius 3 is 2.92 bits per heavy atom. The topological polar surface area (TPSA) is 41.9 Å². The van der Waals surface area contributed by atoms with Crippen LogP contribution in [0, 0.1) is 0 Å². The monoisotopic (exact) mass is 361 g/mol. The summed E-state index contributed by atoms with van der Waals surface area (Å²) in [5, 5.41) is 11.2. The van der Waals surface area contributed by atoms with Gasteiger partial charge in [-0.3, -0.25) is 0 Å². The molecule has 3 rings (SSSR count). The van der Waals surface area contributed by atoms with Gasteiger partial charge in [-0.05, 0) is 36.7 Å². The molecule has 0 saturated carbocycles. The number of hydrogen-bond acceptors (Lipinski definition) is 4. The Hall–Kier alpha value is -1.75. The molecule has 0 spiro atoms. The van der Waals surface area contributed by atoms with E-state index in [0.717, 1.165) is 36.3 Å². The fraction of sp³-hybridized carbons (Fsp3) is 0.400. The lowest BCUT2D eigenvalue weighted by Gasteiger charge is -2.22. The number of rotatable bonds is 7. The Morgan fingerprint density at radius 2 is 2.16 bits per heavy atom. The minimum absolute atomic E-state index is 0.558. The number of hydrogen-bond donors (Lipinski definition) is 1. The largest absolute Gasteiger partial charge is 0.495 e. The van der Waals surface area contributed by atoms with Crippen molar-refractivity contribution in [3.63, 3.8) is 0 Å². The molecule has 5 heteroatoms. The van der Waals surface area contributed by atoms with Gasteiger partial charge in [-0.1, -0.05) is 35.9 Å². The first-order valence-corrected chi connectivity index (χ1v) is 8.90. The number of aliphatic hydroxyl groups is 1. The molecule has 0 amide bonds. The molecule has 0 saturated heterocycles. The van der Waals surface area contributed by atoms with Crippen molar-refractivity contribution in [2.75, 3.05) is 33.9 Å². The number of aliphatic hydroxyl groups excluding tert-OH is 1. The van der Waals surface area contributed by atoms with E-state index in [-0.39, 0.29) is 0 Å². The highest BCUT2D eigenvalue weighted by atomic mass is 35.5. The molecule has 134 valence electrons. The van der Waals surface area contributed by atoms with Crippen molar-refractivity contribution in [1.29, 1.82) is 0 Å². The van der Waals surface area contributed by atoms with Gasteiger partial charge in [0.15, 0.2) is 0 Å². The summed E-state index contributed by atoms with van der Waals surface area (Å²) in [6.07, 6.45) is 1.22. The van der Waals surface area contributed by atoms with E-state index in [4.69, 9.17) is 21.1 Å². The molecule has 1 aliphatic heterocycles. The van der Waals surface area contributed by atoms with E-state index >= 15 is 0 Å². The smallest absolute Gasteiger partial charge is 0.137 e. The van der Waals surface area contributed by atoms with Crippen molar-refractivity contribution in [1.82, 2.24) is 4.90 Å². The van der Waals surface area contributed by atoms with Gasteiger partial charge in [-0.15, -0.1) is 0 Å². The van der Waals surface area contributed by atoms with Gasteiger partial charge in [0, 0.05) is 25.1 Å². The Morgan fingerprint density at radius 1 is 1.32 bits per heavy atom. The molecular weight excluding hydrogens is 338 g/mol. The summed E-state index contributed by atoms with van der Waals surface area (Å²) in [7, 11) is 3.62. The summed E-state index contributed by atoms with van der Waals surface area (Å²) in [5.41, 5.74) is 3.22. The van der Waals surface area contributed by atoms with Crippen LogP contribution < -0.4 is 9.47 Å². The SMILES string of the molecule is COc1ccc(CCN(C)CC(O)c2cccc3c2OCC3)cc1Cl. The molecule has 2 aromatic carbocycles. The lowest BCUT2D eigenvalue weighted by molar-refractivity contribution is 0.124. The third-order valence-electron chi connectivity index (χ3n) is 4.59. The summed E-state index contributed by atoms with van der Waals surface area (Å²) in [5.74, 6) is 1.55. The molecule has 1 N–H and O–H groups in total. The maximum atomic E-state index is 10.6. The van der Waals surface area contributed by atoms with Crippen LogP contribution in [0.3, 0.4) is 0 Å². The lowest BCUT2D eigenvalue weighted by atomic mass is 10.0. The van der Waals surface area contributed by atoms with Gasteiger partial charge in [-0.2, -0.15) is 0 Å². The summed E-state index contributed by atoms with van der Waals surface area (Å²) >= 11 is 6.17. The molecule has 0 fully saturated rings. The van der Waals surface area contributed by atoms with E-state index in [0.29, 0.717) is 23.9 Å². The summed E-state index contributed by atoms with van der Waals surface area (Å²) in [6.45, 7) is 2.09. The van der Waals surface area contributed by atoms with E-state index < -0.39 is 6.10 Å². The van der Waals surface area contributed by atoms with Gasteiger partial charge in [-0.25, -0.2) is 0 Å². The Bertz CT molecular complexity index is 735. The van der Waals surface area contributed by atoms with Gasteiger partial charge >= 0.3 is 0 Å². The van der Waals surface area contributed by atoms with Crippen LogP contribution in [0.1, 0.15) is 22.8 Å². The van der Waals surface area contributed by atoms with Crippen LogP contribution in [0.5, 0.6) is 11.5 Å². The summed E-state index contributed by atoms with van der Waals surface area (Å²) in [6, 6.07) is 11.8. The average molecular weight is 362 g/mol. The molecule has 0 radical (unpaired) electrons. The number of halogens is 1. The van der Waals surface area contributed by atoms with Crippen molar-refractivity contribution in [2.45, 2.75) is 18.9 Å². The van der Waals surface area contributed by atoms with Crippen molar-refractivity contribution < 1.29 is 14.6 Å². The van der Waals surface area contributed by atoms with Gasteiger partial charge in [0.1, 0.15) is 11.5 Å². The van der Waals surface area contributed by atoms with Crippen LogP contribution in [0.2, 0.25) is 5.02 Å². The maximum absolute atomic E-state index is 10.6. The van der Waals surface area contributed by atoms with E-state index in [2.05, 4.69) is 11.0 Å². The highest BCUT2D eigenvalue weighted by Gasteiger charge is 2.21. The van der Waals surface area contributed by atoms with Crippen LogP contribution in [-0.2, 0) is 12.8 Å². The Kier molecular flexibility index (Phi) is 5.84. The number of likely N-dealkylation sites (N-methyl/N-ethyl adjacent to an activating group) is 1. The molecule has 0 aromatic heterocycles.